The minimum Gasteiger partial charge on any atom is -0.312 e. The van der Waals surface area contributed by atoms with Crippen molar-refractivity contribution in [2.45, 2.75) is 51.6 Å². The maximum Gasteiger partial charge on any atom is 0.0703 e. The lowest BCUT2D eigenvalue weighted by Gasteiger charge is -2.17. The second kappa shape index (κ2) is 3.34. The molecule has 1 saturated carbocycles. The number of aromatic nitrogens is 2. The van der Waals surface area contributed by atoms with Crippen LogP contribution in [-0.2, 0) is 13.0 Å². The molecule has 3 rings (SSSR count). The minimum absolute atomic E-state index is 0.504. The van der Waals surface area contributed by atoms with E-state index in [4.69, 9.17) is 5.10 Å². The van der Waals surface area contributed by atoms with Crippen molar-refractivity contribution in [2.24, 2.45) is 0 Å². The summed E-state index contributed by atoms with van der Waals surface area (Å²) in [6.07, 6.45) is 3.84. The van der Waals surface area contributed by atoms with Gasteiger partial charge in [-0.25, -0.2) is 0 Å². The molecule has 0 aromatic carbocycles. The van der Waals surface area contributed by atoms with E-state index in [1.54, 1.807) is 0 Å². The Kier molecular flexibility index (Phi) is 2.09. The fourth-order valence-electron chi connectivity index (χ4n) is 2.51. The van der Waals surface area contributed by atoms with Gasteiger partial charge in [-0.3, -0.25) is 4.68 Å². The van der Waals surface area contributed by atoms with Gasteiger partial charge in [0.1, 0.15) is 0 Å². The molecule has 1 fully saturated rings. The van der Waals surface area contributed by atoms with E-state index in [1.165, 1.54) is 29.8 Å². The fraction of sp³-hybridized carbons (Fsp3) is 0.750. The molecule has 1 aliphatic heterocycles. The molecule has 1 aromatic heterocycles. The van der Waals surface area contributed by atoms with Crippen LogP contribution in [0.3, 0.4) is 0 Å². The molecule has 3 heteroatoms. The highest BCUT2D eigenvalue weighted by Gasteiger charge is 2.32. The smallest absolute Gasteiger partial charge is 0.0703 e. The van der Waals surface area contributed by atoms with Gasteiger partial charge in [-0.05, 0) is 26.7 Å². The first-order chi connectivity index (χ1) is 7.27. The van der Waals surface area contributed by atoms with E-state index in [0.717, 1.165) is 25.4 Å². The van der Waals surface area contributed by atoms with Gasteiger partial charge in [0.2, 0.25) is 0 Å². The van der Waals surface area contributed by atoms with Gasteiger partial charge in [-0.15, -0.1) is 0 Å². The van der Waals surface area contributed by atoms with Crippen LogP contribution in [0.25, 0.3) is 0 Å². The van der Waals surface area contributed by atoms with Crippen molar-refractivity contribution in [3.8, 4) is 0 Å². The van der Waals surface area contributed by atoms with E-state index >= 15 is 0 Å². The normalized spacial score (nSPS) is 20.7. The highest BCUT2D eigenvalue weighted by atomic mass is 15.3. The third-order valence-corrected chi connectivity index (χ3v) is 3.44. The molecule has 0 saturated heterocycles. The first kappa shape index (κ1) is 9.40. The molecular weight excluding hydrogens is 186 g/mol. The second-order valence-electron chi connectivity index (χ2n) is 5.05. The van der Waals surface area contributed by atoms with E-state index in [9.17, 15) is 0 Å². The van der Waals surface area contributed by atoms with Crippen LogP contribution in [0.5, 0.6) is 0 Å². The Labute approximate surface area is 90.9 Å². The van der Waals surface area contributed by atoms with Crippen LogP contribution in [0, 0.1) is 0 Å². The summed E-state index contributed by atoms with van der Waals surface area (Å²) in [6, 6.07) is 0.504. The zero-order chi connectivity index (χ0) is 10.4. The standard InChI is InChI=1S/C12H19N3/c1-8(2)15-11-5-6-13-7-10(11)12(14-15)9-3-4-9/h8-9,13H,3-7H2,1-2H3. The molecule has 0 unspecified atom stereocenters. The average molecular weight is 205 g/mol. The largest absolute Gasteiger partial charge is 0.312 e. The lowest BCUT2D eigenvalue weighted by Crippen LogP contribution is -2.25. The molecule has 3 nitrogen and oxygen atoms in total. The summed E-state index contributed by atoms with van der Waals surface area (Å²) >= 11 is 0. The molecular formula is C12H19N3. The summed E-state index contributed by atoms with van der Waals surface area (Å²) in [4.78, 5) is 0. The van der Waals surface area contributed by atoms with Gasteiger partial charge in [-0.1, -0.05) is 0 Å². The lowest BCUT2D eigenvalue weighted by molar-refractivity contribution is 0.491. The Morgan fingerprint density at radius 1 is 1.40 bits per heavy atom. The molecule has 2 aliphatic rings. The van der Waals surface area contributed by atoms with Gasteiger partial charge in [0, 0.05) is 42.7 Å². The molecule has 1 N–H and O–H groups in total. The molecule has 82 valence electrons. The van der Waals surface area contributed by atoms with Crippen LogP contribution in [0.15, 0.2) is 0 Å². The Hall–Kier alpha value is -0.830. The summed E-state index contributed by atoms with van der Waals surface area (Å²) in [5, 5.41) is 8.29. The Morgan fingerprint density at radius 3 is 2.87 bits per heavy atom. The van der Waals surface area contributed by atoms with Crippen molar-refractivity contribution in [1.29, 1.82) is 0 Å². The average Bonchev–Trinajstić information content (AvgIpc) is 2.99. The monoisotopic (exact) mass is 205 g/mol. The first-order valence-electron chi connectivity index (χ1n) is 6.08. The van der Waals surface area contributed by atoms with E-state index < -0.39 is 0 Å². The molecule has 1 aliphatic carbocycles. The zero-order valence-corrected chi connectivity index (χ0v) is 9.58. The zero-order valence-electron chi connectivity index (χ0n) is 9.58. The maximum atomic E-state index is 4.83. The summed E-state index contributed by atoms with van der Waals surface area (Å²) in [5.41, 5.74) is 4.40. The van der Waals surface area contributed by atoms with Gasteiger partial charge in [0.05, 0.1) is 5.69 Å². The third kappa shape index (κ3) is 1.49. The Balaban J connectivity index is 2.08. The molecule has 0 radical (unpaired) electrons. The first-order valence-corrected chi connectivity index (χ1v) is 6.08. The number of rotatable bonds is 2. The van der Waals surface area contributed by atoms with Gasteiger partial charge >= 0.3 is 0 Å². The van der Waals surface area contributed by atoms with Crippen molar-refractivity contribution >= 4 is 0 Å². The fourth-order valence-corrected chi connectivity index (χ4v) is 2.51. The number of nitrogens with zero attached hydrogens (tertiary/aromatic N) is 2. The van der Waals surface area contributed by atoms with E-state index in [2.05, 4.69) is 23.8 Å². The van der Waals surface area contributed by atoms with Crippen LogP contribution in [0.4, 0.5) is 0 Å². The second-order valence-corrected chi connectivity index (χ2v) is 5.05. The van der Waals surface area contributed by atoms with E-state index in [-0.39, 0.29) is 0 Å². The van der Waals surface area contributed by atoms with Crippen LogP contribution >= 0.6 is 0 Å². The summed E-state index contributed by atoms with van der Waals surface area (Å²) in [5.74, 6) is 0.777. The van der Waals surface area contributed by atoms with Crippen LogP contribution in [-0.4, -0.2) is 16.3 Å². The predicted molar refractivity (Wildman–Crippen MR) is 60.0 cm³/mol. The summed E-state index contributed by atoms with van der Waals surface area (Å²) < 4.78 is 2.25. The Bertz CT molecular complexity index is 348. The van der Waals surface area contributed by atoms with E-state index in [0.29, 0.717) is 6.04 Å². The third-order valence-electron chi connectivity index (χ3n) is 3.44. The summed E-state index contributed by atoms with van der Waals surface area (Å²) in [7, 11) is 0. The summed E-state index contributed by atoms with van der Waals surface area (Å²) in [6.45, 7) is 6.60. The molecule has 0 spiro atoms. The highest BCUT2D eigenvalue weighted by molar-refractivity contribution is 5.33. The SMILES string of the molecule is CC(C)n1nc(C2CC2)c2c1CCNC2. The number of hydrogen-bond donors (Lipinski definition) is 1. The molecule has 0 amide bonds. The molecule has 2 heterocycles. The van der Waals surface area contributed by atoms with Crippen molar-refractivity contribution in [3.63, 3.8) is 0 Å². The van der Waals surface area contributed by atoms with Crippen molar-refractivity contribution < 1.29 is 0 Å². The topological polar surface area (TPSA) is 29.9 Å². The van der Waals surface area contributed by atoms with Crippen LogP contribution in [0.1, 0.15) is 55.6 Å². The maximum absolute atomic E-state index is 4.83. The van der Waals surface area contributed by atoms with Crippen molar-refractivity contribution in [2.75, 3.05) is 6.54 Å². The highest BCUT2D eigenvalue weighted by Crippen LogP contribution is 2.42. The number of hydrogen-bond acceptors (Lipinski definition) is 2. The molecule has 1 aromatic rings. The Morgan fingerprint density at radius 2 is 2.20 bits per heavy atom. The number of fused-ring (bicyclic) bond motifs is 1. The lowest BCUT2D eigenvalue weighted by atomic mass is 10.0. The minimum atomic E-state index is 0.504. The van der Waals surface area contributed by atoms with Crippen molar-refractivity contribution in [3.05, 3.63) is 17.0 Å². The number of nitrogens with one attached hydrogen (secondary N) is 1. The van der Waals surface area contributed by atoms with E-state index in [1.807, 2.05) is 0 Å². The molecule has 0 atom stereocenters. The van der Waals surface area contributed by atoms with Gasteiger partial charge in [0.25, 0.3) is 0 Å². The van der Waals surface area contributed by atoms with Gasteiger partial charge in [0.15, 0.2) is 0 Å². The van der Waals surface area contributed by atoms with Crippen molar-refractivity contribution in [1.82, 2.24) is 15.1 Å². The molecule has 15 heavy (non-hydrogen) atoms. The molecule has 0 bridgehead atoms. The van der Waals surface area contributed by atoms with Crippen LogP contribution in [0.2, 0.25) is 0 Å². The van der Waals surface area contributed by atoms with Crippen LogP contribution < -0.4 is 5.32 Å². The predicted octanol–water partition coefficient (Wildman–Crippen LogP) is 1.99. The van der Waals surface area contributed by atoms with Gasteiger partial charge in [-0.2, -0.15) is 5.10 Å². The quantitative estimate of drug-likeness (QED) is 0.800. The van der Waals surface area contributed by atoms with Gasteiger partial charge < -0.3 is 5.32 Å².